The molecule has 1 aromatic carbocycles. The maximum absolute atomic E-state index is 13.2. The lowest BCUT2D eigenvalue weighted by atomic mass is 9.97. The van der Waals surface area contributed by atoms with Crippen LogP contribution >= 0.6 is 11.6 Å². The molecule has 0 radical (unpaired) electrons. The highest BCUT2D eigenvalue weighted by Gasteiger charge is 2.41. The molecule has 5 nitrogen and oxygen atoms in total. The summed E-state index contributed by atoms with van der Waals surface area (Å²) in [5.41, 5.74) is 0.635. The number of amides is 1. The zero-order chi connectivity index (χ0) is 14.0. The average Bonchev–Trinajstić information content (AvgIpc) is 2.32. The molecule has 1 heterocycles. The van der Waals surface area contributed by atoms with Crippen LogP contribution < -0.4 is 5.32 Å². The van der Waals surface area contributed by atoms with Crippen molar-refractivity contribution in [1.82, 2.24) is 10.2 Å². The Bertz CT molecular complexity index is 546. The van der Waals surface area contributed by atoms with Crippen molar-refractivity contribution >= 4 is 17.7 Å². The van der Waals surface area contributed by atoms with Gasteiger partial charge in [0.1, 0.15) is 12.0 Å². The highest BCUT2D eigenvalue weighted by Crippen LogP contribution is 2.23. The summed E-state index contributed by atoms with van der Waals surface area (Å²) in [5.74, 6) is -0.908. The largest absolute Gasteiger partial charge is 0.465 e. The molecule has 0 bridgehead atoms. The number of carboxylic acid groups (broad SMARTS) is 1. The minimum absolute atomic E-state index is 0.0365. The lowest BCUT2D eigenvalue weighted by Gasteiger charge is -2.43. The molecule has 1 saturated heterocycles. The predicted octanol–water partition coefficient (Wildman–Crippen LogP) is 2.03. The molecule has 1 aliphatic heterocycles. The first-order valence-corrected chi connectivity index (χ1v) is 5.97. The van der Waals surface area contributed by atoms with Crippen LogP contribution in [0.25, 0.3) is 0 Å². The Labute approximate surface area is 114 Å². The van der Waals surface area contributed by atoms with Gasteiger partial charge in [0.2, 0.25) is 0 Å². The molecule has 1 aromatic rings. The minimum Gasteiger partial charge on any atom is -0.465 e. The van der Waals surface area contributed by atoms with Gasteiger partial charge in [-0.2, -0.15) is 5.26 Å². The number of likely N-dealkylation sites (tertiary alicyclic amines) is 1. The van der Waals surface area contributed by atoms with E-state index in [-0.39, 0.29) is 24.0 Å². The molecule has 7 heteroatoms. The standard InChI is InChI=1S/C12H11ClFN3O2/c13-9-2-1-7(3-10(9)14)5-16-11-8(4-15)6-17(11)12(18)19/h1-3,8,11,16H,5-6H2,(H,18,19). The van der Waals surface area contributed by atoms with Gasteiger partial charge in [0.25, 0.3) is 0 Å². The van der Waals surface area contributed by atoms with Crippen molar-refractivity contribution in [3.05, 3.63) is 34.6 Å². The van der Waals surface area contributed by atoms with E-state index < -0.39 is 18.1 Å². The first kappa shape index (κ1) is 13.6. The predicted molar refractivity (Wildman–Crippen MR) is 65.9 cm³/mol. The second-order valence-corrected chi connectivity index (χ2v) is 4.65. The molecule has 1 aliphatic rings. The average molecular weight is 284 g/mol. The first-order chi connectivity index (χ1) is 9.02. The molecule has 2 N–H and O–H groups in total. The quantitative estimate of drug-likeness (QED) is 0.890. The third-order valence-electron chi connectivity index (χ3n) is 3.02. The second kappa shape index (κ2) is 5.43. The number of carbonyl (C=O) groups is 1. The highest BCUT2D eigenvalue weighted by molar-refractivity contribution is 6.30. The molecule has 100 valence electrons. The maximum Gasteiger partial charge on any atom is 0.408 e. The zero-order valence-corrected chi connectivity index (χ0v) is 10.6. The van der Waals surface area contributed by atoms with Crippen LogP contribution in [0.4, 0.5) is 9.18 Å². The lowest BCUT2D eigenvalue weighted by Crippen LogP contribution is -2.64. The molecule has 2 rings (SSSR count). The minimum atomic E-state index is -1.08. The molecule has 0 spiro atoms. The van der Waals surface area contributed by atoms with Crippen molar-refractivity contribution in [3.8, 4) is 6.07 Å². The van der Waals surface area contributed by atoms with Crippen molar-refractivity contribution in [2.45, 2.75) is 12.7 Å². The van der Waals surface area contributed by atoms with Crippen molar-refractivity contribution in [3.63, 3.8) is 0 Å². The van der Waals surface area contributed by atoms with Crippen LogP contribution in [0, 0.1) is 23.1 Å². The Morgan fingerprint density at radius 3 is 3.00 bits per heavy atom. The fourth-order valence-electron chi connectivity index (χ4n) is 1.94. The van der Waals surface area contributed by atoms with Gasteiger partial charge in [-0.3, -0.25) is 10.2 Å². The molecule has 0 aromatic heterocycles. The molecule has 2 atom stereocenters. The van der Waals surface area contributed by atoms with E-state index in [4.69, 9.17) is 22.0 Å². The van der Waals surface area contributed by atoms with E-state index in [1.807, 2.05) is 6.07 Å². The smallest absolute Gasteiger partial charge is 0.408 e. The Morgan fingerprint density at radius 2 is 2.42 bits per heavy atom. The molecule has 1 amide bonds. The third kappa shape index (κ3) is 2.78. The van der Waals surface area contributed by atoms with Crippen LogP contribution in [0.3, 0.4) is 0 Å². The van der Waals surface area contributed by atoms with E-state index >= 15 is 0 Å². The second-order valence-electron chi connectivity index (χ2n) is 4.24. The first-order valence-electron chi connectivity index (χ1n) is 5.59. The number of halogens is 2. The fourth-order valence-corrected chi connectivity index (χ4v) is 2.06. The van der Waals surface area contributed by atoms with Gasteiger partial charge in [0.15, 0.2) is 0 Å². The van der Waals surface area contributed by atoms with Gasteiger partial charge in [0.05, 0.1) is 17.0 Å². The van der Waals surface area contributed by atoms with E-state index in [0.29, 0.717) is 5.56 Å². The maximum atomic E-state index is 13.2. The SMILES string of the molecule is N#CC1CN(C(=O)O)C1NCc1ccc(Cl)c(F)c1. The Balaban J connectivity index is 1.99. The van der Waals surface area contributed by atoms with Crippen molar-refractivity contribution in [2.24, 2.45) is 5.92 Å². The summed E-state index contributed by atoms with van der Waals surface area (Å²) in [6.07, 6.45) is -1.63. The van der Waals surface area contributed by atoms with Gasteiger partial charge in [-0.05, 0) is 17.7 Å². The van der Waals surface area contributed by atoms with E-state index in [0.717, 1.165) is 4.90 Å². The molecule has 0 saturated carbocycles. The van der Waals surface area contributed by atoms with Crippen molar-refractivity contribution < 1.29 is 14.3 Å². The number of nitriles is 1. The highest BCUT2D eigenvalue weighted by atomic mass is 35.5. The van der Waals surface area contributed by atoms with E-state index in [2.05, 4.69) is 5.32 Å². The summed E-state index contributed by atoms with van der Waals surface area (Å²) >= 11 is 5.57. The van der Waals surface area contributed by atoms with Crippen molar-refractivity contribution in [2.75, 3.05) is 6.54 Å². The fraction of sp³-hybridized carbons (Fsp3) is 0.333. The summed E-state index contributed by atoms with van der Waals surface area (Å²) < 4.78 is 13.2. The van der Waals surface area contributed by atoms with E-state index in [1.54, 1.807) is 6.07 Å². The number of nitrogens with zero attached hydrogens (tertiary/aromatic N) is 2. The summed E-state index contributed by atoms with van der Waals surface area (Å²) in [7, 11) is 0. The topological polar surface area (TPSA) is 76.4 Å². The number of rotatable bonds is 3. The number of benzene rings is 1. The molecule has 0 aliphatic carbocycles. The number of nitrogens with one attached hydrogen (secondary N) is 1. The Morgan fingerprint density at radius 1 is 1.68 bits per heavy atom. The van der Waals surface area contributed by atoms with Gasteiger partial charge >= 0.3 is 6.09 Å². The molecule has 19 heavy (non-hydrogen) atoms. The van der Waals surface area contributed by atoms with Gasteiger partial charge in [0, 0.05) is 13.1 Å². The Kier molecular flexibility index (Phi) is 3.88. The lowest BCUT2D eigenvalue weighted by molar-refractivity contribution is 0.0275. The number of hydrogen-bond donors (Lipinski definition) is 2. The summed E-state index contributed by atoms with van der Waals surface area (Å²) in [6.45, 7) is 0.458. The summed E-state index contributed by atoms with van der Waals surface area (Å²) in [4.78, 5) is 12.0. The summed E-state index contributed by atoms with van der Waals surface area (Å²) in [6, 6.07) is 6.39. The molecular formula is C12H11ClFN3O2. The number of hydrogen-bond acceptors (Lipinski definition) is 3. The van der Waals surface area contributed by atoms with Crippen molar-refractivity contribution in [1.29, 1.82) is 5.26 Å². The van der Waals surface area contributed by atoms with E-state index in [9.17, 15) is 9.18 Å². The normalized spacial score (nSPS) is 21.6. The third-order valence-corrected chi connectivity index (χ3v) is 3.33. The molecule has 2 unspecified atom stereocenters. The molecule has 1 fully saturated rings. The van der Waals surface area contributed by atoms with Crippen LogP contribution in [-0.2, 0) is 6.54 Å². The summed E-state index contributed by atoms with van der Waals surface area (Å²) in [5, 5.41) is 20.7. The van der Waals surface area contributed by atoms with Gasteiger partial charge in [-0.1, -0.05) is 17.7 Å². The van der Waals surface area contributed by atoms with Crippen LogP contribution in [0.15, 0.2) is 18.2 Å². The van der Waals surface area contributed by atoms with Crippen LogP contribution in [0.1, 0.15) is 5.56 Å². The van der Waals surface area contributed by atoms with Gasteiger partial charge < -0.3 is 5.11 Å². The zero-order valence-electron chi connectivity index (χ0n) is 9.81. The van der Waals surface area contributed by atoms with Crippen LogP contribution in [-0.4, -0.2) is 28.8 Å². The van der Waals surface area contributed by atoms with Gasteiger partial charge in [-0.25, -0.2) is 9.18 Å². The van der Waals surface area contributed by atoms with Crippen LogP contribution in [0.2, 0.25) is 5.02 Å². The Hall–Kier alpha value is -1.84. The van der Waals surface area contributed by atoms with Crippen LogP contribution in [0.5, 0.6) is 0 Å². The monoisotopic (exact) mass is 283 g/mol. The molecular weight excluding hydrogens is 273 g/mol. The van der Waals surface area contributed by atoms with Gasteiger partial charge in [-0.15, -0.1) is 0 Å². The van der Waals surface area contributed by atoms with E-state index in [1.165, 1.54) is 12.1 Å².